The van der Waals surface area contributed by atoms with Gasteiger partial charge < -0.3 is 20.1 Å². The van der Waals surface area contributed by atoms with E-state index in [4.69, 9.17) is 4.74 Å². The highest BCUT2D eigenvalue weighted by atomic mass is 16.5. The van der Waals surface area contributed by atoms with Crippen molar-refractivity contribution in [2.45, 2.75) is 24.8 Å². The number of benzene rings is 1. The van der Waals surface area contributed by atoms with E-state index in [0.29, 0.717) is 26.1 Å². The molecule has 1 aromatic heterocycles. The Balaban J connectivity index is 1.75. The Morgan fingerprint density at radius 1 is 1.27 bits per heavy atom. The summed E-state index contributed by atoms with van der Waals surface area (Å²) in [5.74, 6) is -1.28. The molecule has 1 aromatic carbocycles. The molecule has 0 spiro atoms. The Kier molecular flexibility index (Phi) is 3.85. The van der Waals surface area contributed by atoms with Crippen molar-refractivity contribution in [2.24, 2.45) is 0 Å². The fourth-order valence-corrected chi connectivity index (χ4v) is 2.87. The summed E-state index contributed by atoms with van der Waals surface area (Å²) in [5, 5.41) is 13.1. The number of para-hydroxylation sites is 1. The lowest BCUT2D eigenvalue weighted by Crippen LogP contribution is -2.57. The number of hydrogen-bond acceptors (Lipinski definition) is 3. The zero-order chi connectivity index (χ0) is 15.6. The summed E-state index contributed by atoms with van der Waals surface area (Å²) >= 11 is 0. The number of carboxylic acids is 1. The van der Waals surface area contributed by atoms with Crippen LogP contribution in [0.3, 0.4) is 0 Å². The van der Waals surface area contributed by atoms with Gasteiger partial charge in [0.15, 0.2) is 0 Å². The Labute approximate surface area is 127 Å². The molecule has 1 aliphatic heterocycles. The number of carboxylic acid groups (broad SMARTS) is 1. The van der Waals surface area contributed by atoms with E-state index in [0.717, 1.165) is 16.5 Å². The number of hydrogen-bond donors (Lipinski definition) is 3. The van der Waals surface area contributed by atoms with Gasteiger partial charge in [0.05, 0.1) is 6.42 Å². The Morgan fingerprint density at radius 3 is 2.73 bits per heavy atom. The maximum Gasteiger partial charge on any atom is 0.329 e. The largest absolute Gasteiger partial charge is 0.480 e. The van der Waals surface area contributed by atoms with Crippen molar-refractivity contribution in [1.29, 1.82) is 0 Å². The van der Waals surface area contributed by atoms with Gasteiger partial charge in [-0.3, -0.25) is 4.79 Å². The molecule has 22 heavy (non-hydrogen) atoms. The Bertz CT molecular complexity index is 701. The third-order valence-corrected chi connectivity index (χ3v) is 4.16. The quantitative estimate of drug-likeness (QED) is 0.797. The molecule has 116 valence electrons. The summed E-state index contributed by atoms with van der Waals surface area (Å²) in [6, 6.07) is 7.71. The van der Waals surface area contributed by atoms with Gasteiger partial charge in [0, 0.05) is 43.2 Å². The lowest BCUT2D eigenvalue weighted by molar-refractivity contribution is -0.152. The Morgan fingerprint density at radius 2 is 2.00 bits per heavy atom. The molecule has 3 N–H and O–H groups in total. The molecule has 3 rings (SSSR count). The van der Waals surface area contributed by atoms with Gasteiger partial charge in [0.2, 0.25) is 5.91 Å². The molecule has 1 aliphatic rings. The minimum atomic E-state index is -1.21. The molecule has 6 nitrogen and oxygen atoms in total. The van der Waals surface area contributed by atoms with E-state index in [1.165, 1.54) is 0 Å². The highest BCUT2D eigenvalue weighted by molar-refractivity contribution is 5.91. The highest BCUT2D eigenvalue weighted by Gasteiger charge is 2.41. The zero-order valence-corrected chi connectivity index (χ0v) is 12.1. The molecular formula is C16H18N2O4. The molecule has 0 aliphatic carbocycles. The van der Waals surface area contributed by atoms with Crippen molar-refractivity contribution in [3.05, 3.63) is 36.0 Å². The standard InChI is InChI=1S/C16H18N2O4/c19-14(18-16(15(20)21)5-7-22-8-6-16)9-11-10-17-13-4-2-1-3-12(11)13/h1-4,10,17H,5-9H2,(H,18,19)(H,20,21). The first kappa shape index (κ1) is 14.6. The number of rotatable bonds is 4. The fourth-order valence-electron chi connectivity index (χ4n) is 2.87. The third-order valence-electron chi connectivity index (χ3n) is 4.16. The minimum Gasteiger partial charge on any atom is -0.480 e. The van der Waals surface area contributed by atoms with E-state index in [9.17, 15) is 14.7 Å². The van der Waals surface area contributed by atoms with Gasteiger partial charge in [-0.1, -0.05) is 18.2 Å². The number of H-pyrrole nitrogens is 1. The van der Waals surface area contributed by atoms with Crippen molar-refractivity contribution >= 4 is 22.8 Å². The van der Waals surface area contributed by atoms with Crippen molar-refractivity contribution < 1.29 is 19.4 Å². The SMILES string of the molecule is O=C(Cc1c[nH]c2ccccc12)NC1(C(=O)O)CCOCC1. The molecule has 2 aromatic rings. The van der Waals surface area contributed by atoms with Crippen molar-refractivity contribution in [3.63, 3.8) is 0 Å². The van der Waals surface area contributed by atoms with Gasteiger partial charge in [-0.25, -0.2) is 4.79 Å². The second kappa shape index (κ2) is 5.81. The monoisotopic (exact) mass is 302 g/mol. The summed E-state index contributed by atoms with van der Waals surface area (Å²) in [5.41, 5.74) is 0.617. The van der Waals surface area contributed by atoms with E-state index in [2.05, 4.69) is 10.3 Å². The maximum atomic E-state index is 12.3. The van der Waals surface area contributed by atoms with Crippen LogP contribution < -0.4 is 5.32 Å². The lowest BCUT2D eigenvalue weighted by atomic mass is 9.90. The van der Waals surface area contributed by atoms with Crippen LogP contribution in [-0.2, 0) is 20.7 Å². The average Bonchev–Trinajstić information content (AvgIpc) is 2.91. The van der Waals surface area contributed by atoms with Crippen LogP contribution in [-0.4, -0.2) is 40.7 Å². The number of fused-ring (bicyclic) bond motifs is 1. The summed E-state index contributed by atoms with van der Waals surface area (Å²) in [7, 11) is 0. The third kappa shape index (κ3) is 2.69. The van der Waals surface area contributed by atoms with E-state index in [1.54, 1.807) is 6.20 Å². The van der Waals surface area contributed by atoms with Gasteiger partial charge >= 0.3 is 5.97 Å². The van der Waals surface area contributed by atoms with E-state index < -0.39 is 11.5 Å². The molecule has 0 bridgehead atoms. The first-order valence-corrected chi connectivity index (χ1v) is 7.28. The van der Waals surface area contributed by atoms with Crippen LogP contribution in [0.15, 0.2) is 30.5 Å². The summed E-state index contributed by atoms with van der Waals surface area (Å²) in [4.78, 5) is 27.0. The van der Waals surface area contributed by atoms with E-state index >= 15 is 0 Å². The molecule has 2 heterocycles. The number of ether oxygens (including phenoxy) is 1. The van der Waals surface area contributed by atoms with Crippen LogP contribution in [0, 0.1) is 0 Å². The Hall–Kier alpha value is -2.34. The minimum absolute atomic E-state index is 0.153. The van der Waals surface area contributed by atoms with Gasteiger partial charge in [0.1, 0.15) is 5.54 Å². The van der Waals surface area contributed by atoms with Crippen molar-refractivity contribution in [3.8, 4) is 0 Å². The molecule has 0 saturated carbocycles. The van der Waals surface area contributed by atoms with Crippen LogP contribution in [0.4, 0.5) is 0 Å². The normalized spacial score (nSPS) is 17.3. The van der Waals surface area contributed by atoms with Crippen LogP contribution >= 0.6 is 0 Å². The van der Waals surface area contributed by atoms with Crippen molar-refractivity contribution in [2.75, 3.05) is 13.2 Å². The molecule has 6 heteroatoms. The predicted molar refractivity (Wildman–Crippen MR) is 80.6 cm³/mol. The fraction of sp³-hybridized carbons (Fsp3) is 0.375. The molecule has 1 saturated heterocycles. The number of nitrogens with one attached hydrogen (secondary N) is 2. The van der Waals surface area contributed by atoms with Gasteiger partial charge in [0.25, 0.3) is 0 Å². The van der Waals surface area contributed by atoms with E-state index in [-0.39, 0.29) is 12.3 Å². The number of carbonyl (C=O) groups is 2. The second-order valence-corrected chi connectivity index (χ2v) is 5.58. The van der Waals surface area contributed by atoms with Crippen LogP contribution in [0.5, 0.6) is 0 Å². The summed E-state index contributed by atoms with van der Waals surface area (Å²) in [6.45, 7) is 0.694. The molecular weight excluding hydrogens is 284 g/mol. The molecule has 0 atom stereocenters. The number of carbonyl (C=O) groups excluding carboxylic acids is 1. The molecule has 1 amide bonds. The predicted octanol–water partition coefficient (Wildman–Crippen LogP) is 1.46. The number of aromatic nitrogens is 1. The number of aromatic amines is 1. The molecule has 0 radical (unpaired) electrons. The summed E-state index contributed by atoms with van der Waals surface area (Å²) in [6.07, 6.45) is 2.53. The molecule has 1 fully saturated rings. The smallest absolute Gasteiger partial charge is 0.329 e. The van der Waals surface area contributed by atoms with Crippen LogP contribution in [0.25, 0.3) is 10.9 Å². The van der Waals surface area contributed by atoms with Crippen LogP contribution in [0.2, 0.25) is 0 Å². The number of aliphatic carboxylic acids is 1. The maximum absolute atomic E-state index is 12.3. The topological polar surface area (TPSA) is 91.4 Å². The van der Waals surface area contributed by atoms with Gasteiger partial charge in [-0.05, 0) is 11.6 Å². The van der Waals surface area contributed by atoms with Crippen molar-refractivity contribution in [1.82, 2.24) is 10.3 Å². The number of amides is 1. The highest BCUT2D eigenvalue weighted by Crippen LogP contribution is 2.22. The second-order valence-electron chi connectivity index (χ2n) is 5.58. The van der Waals surface area contributed by atoms with Gasteiger partial charge in [-0.15, -0.1) is 0 Å². The van der Waals surface area contributed by atoms with E-state index in [1.807, 2.05) is 24.3 Å². The first-order valence-electron chi connectivity index (χ1n) is 7.28. The summed E-state index contributed by atoms with van der Waals surface area (Å²) < 4.78 is 5.20. The lowest BCUT2D eigenvalue weighted by Gasteiger charge is -2.33. The van der Waals surface area contributed by atoms with Crippen LogP contribution in [0.1, 0.15) is 18.4 Å². The first-order chi connectivity index (χ1) is 10.6. The van der Waals surface area contributed by atoms with Gasteiger partial charge in [-0.2, -0.15) is 0 Å². The molecule has 0 unspecified atom stereocenters. The average molecular weight is 302 g/mol. The zero-order valence-electron chi connectivity index (χ0n) is 12.1.